The molecule has 0 bridgehead atoms. The lowest BCUT2D eigenvalue weighted by atomic mass is 10.1. The van der Waals surface area contributed by atoms with E-state index in [0.29, 0.717) is 0 Å². The van der Waals surface area contributed by atoms with Crippen LogP contribution in [0.4, 0.5) is 20.5 Å². The summed E-state index contributed by atoms with van der Waals surface area (Å²) in [5, 5.41) is 10.6. The van der Waals surface area contributed by atoms with Crippen LogP contribution in [-0.4, -0.2) is 103 Å². The smallest absolute Gasteiger partial charge is 0.387 e. The van der Waals surface area contributed by atoms with Gasteiger partial charge in [0.1, 0.15) is 48.6 Å². The number of nitrogens with one attached hydrogen (secondary N) is 1. The van der Waals surface area contributed by atoms with Gasteiger partial charge in [-0.2, -0.15) is 4.98 Å². The molecule has 0 spiro atoms. The number of ether oxygens (including phenoxy) is 2. The van der Waals surface area contributed by atoms with Crippen molar-refractivity contribution in [1.29, 1.82) is 0 Å². The SMILES string of the molecule is Nc1nc2c(ncn2[C@@H]2O[C@H](CO[P+](=O)O)[C@@H](F)[C@H]2P(O)(=S)OC[C@H]2O[C@@H](n3cnc4c(N)ncnc43)[C@@H](F)[C@@H]2O)c(=O)[nH]1. The van der Waals surface area contributed by atoms with E-state index in [4.69, 9.17) is 42.2 Å². The summed E-state index contributed by atoms with van der Waals surface area (Å²) < 4.78 is 66.1. The lowest BCUT2D eigenvalue weighted by Gasteiger charge is -2.29. The van der Waals surface area contributed by atoms with Gasteiger partial charge in [-0.05, 0) is 11.8 Å². The molecule has 0 amide bonds. The van der Waals surface area contributed by atoms with Crippen LogP contribution in [0.15, 0.2) is 23.8 Å². The molecule has 2 aliphatic heterocycles. The van der Waals surface area contributed by atoms with Crippen LogP contribution in [0.3, 0.4) is 0 Å². The Labute approximate surface area is 249 Å². The summed E-state index contributed by atoms with van der Waals surface area (Å²) in [5.74, 6) is -0.254. The van der Waals surface area contributed by atoms with Gasteiger partial charge in [-0.25, -0.2) is 28.7 Å². The standard InChI is InChI=1S/C20H22F2N10O9P2S/c21-8-6(1-38-42(35)36)40-19(32-5-28-11-16(32)29-20(24)30-17(11)34)13(8)43(37,44)39-2-7-12(33)9(22)18(41-7)31-4-27-10-14(23)25-3-26-15(10)31/h3-9,12-13,18-19,33H,1-2H2,(H6-,23,24,25,26,29,30,34,35,36,37,44)/p+1/t6-,7-,8-,9+,12-,13-,18-,19-,43?/m1/s1. The van der Waals surface area contributed by atoms with E-state index in [1.165, 1.54) is 10.9 Å². The minimum absolute atomic E-state index is 0.0420. The number of rotatable bonds is 9. The van der Waals surface area contributed by atoms with Crippen molar-refractivity contribution in [2.45, 2.75) is 48.8 Å². The molecule has 4 aromatic heterocycles. The third-order valence-corrected chi connectivity index (χ3v) is 10.3. The van der Waals surface area contributed by atoms with E-state index in [9.17, 15) is 19.4 Å². The molecule has 0 aliphatic carbocycles. The number of nitrogens with zero attached hydrogens (tertiary/aromatic N) is 7. The molecular weight excluding hydrogens is 656 g/mol. The topological polar surface area (TPSA) is 274 Å². The molecule has 24 heteroatoms. The number of aliphatic hydroxyl groups excluding tert-OH is 1. The number of nitrogens with two attached hydrogens (primary N) is 2. The molecule has 0 saturated carbocycles. The number of anilines is 2. The van der Waals surface area contributed by atoms with Crippen LogP contribution >= 0.6 is 14.7 Å². The molecule has 19 nitrogen and oxygen atoms in total. The Balaban J connectivity index is 1.26. The molecule has 8 N–H and O–H groups in total. The molecule has 44 heavy (non-hydrogen) atoms. The number of H-pyrrole nitrogens is 1. The van der Waals surface area contributed by atoms with Gasteiger partial charge in [-0.15, -0.1) is 9.42 Å². The average molecular weight is 679 g/mol. The highest BCUT2D eigenvalue weighted by Crippen LogP contribution is 2.59. The van der Waals surface area contributed by atoms with Gasteiger partial charge < -0.3 is 35.5 Å². The van der Waals surface area contributed by atoms with Gasteiger partial charge in [0.15, 0.2) is 47.7 Å². The minimum atomic E-state index is -4.33. The second kappa shape index (κ2) is 11.6. The van der Waals surface area contributed by atoms with Crippen molar-refractivity contribution in [3.05, 3.63) is 29.3 Å². The first-order valence-corrected chi connectivity index (χ1v) is 16.4. The maximum absolute atomic E-state index is 15.9. The predicted octanol–water partition coefficient (Wildman–Crippen LogP) is -0.691. The summed E-state index contributed by atoms with van der Waals surface area (Å²) in [4.78, 5) is 54.8. The molecule has 10 atom stereocenters. The second-order valence-corrected chi connectivity index (χ2v) is 14.0. The van der Waals surface area contributed by atoms with E-state index in [1.807, 2.05) is 0 Å². The van der Waals surface area contributed by atoms with Crippen molar-refractivity contribution in [3.8, 4) is 0 Å². The van der Waals surface area contributed by atoms with Crippen molar-refractivity contribution in [2.75, 3.05) is 24.7 Å². The lowest BCUT2D eigenvalue weighted by molar-refractivity contribution is -0.0423. The zero-order valence-corrected chi connectivity index (χ0v) is 24.5. The van der Waals surface area contributed by atoms with Crippen LogP contribution < -0.4 is 17.0 Å². The molecule has 0 aromatic carbocycles. The number of aromatic nitrogens is 8. The Kier molecular flexibility index (Phi) is 8.16. The number of alkyl halides is 2. The highest BCUT2D eigenvalue weighted by atomic mass is 32.5. The van der Waals surface area contributed by atoms with Gasteiger partial charge in [0.2, 0.25) is 5.95 Å². The number of nitrogen functional groups attached to an aromatic ring is 2. The summed E-state index contributed by atoms with van der Waals surface area (Å²) in [7, 11) is -3.13. The highest BCUT2D eigenvalue weighted by Gasteiger charge is 2.55. The van der Waals surface area contributed by atoms with Gasteiger partial charge in [0.05, 0.1) is 19.3 Å². The molecule has 0 radical (unpaired) electrons. The molecule has 2 saturated heterocycles. The second-order valence-electron chi connectivity index (χ2n) is 9.75. The normalized spacial score (nSPS) is 30.7. The Morgan fingerprint density at radius 1 is 1.05 bits per heavy atom. The van der Waals surface area contributed by atoms with Crippen molar-refractivity contribution in [2.24, 2.45) is 0 Å². The Bertz CT molecular complexity index is 1850. The van der Waals surface area contributed by atoms with Gasteiger partial charge in [-0.3, -0.25) is 18.9 Å². The number of aliphatic hydroxyl groups is 1. The fourth-order valence-corrected chi connectivity index (χ4v) is 7.81. The summed E-state index contributed by atoms with van der Waals surface area (Å²) in [5.41, 5.74) is 9.01. The van der Waals surface area contributed by atoms with Crippen LogP contribution in [0.25, 0.3) is 22.3 Å². The number of hydrogen-bond donors (Lipinski definition) is 6. The first-order valence-electron chi connectivity index (χ1n) is 12.6. The van der Waals surface area contributed by atoms with E-state index >= 15 is 8.78 Å². The molecule has 236 valence electrons. The molecule has 6 rings (SSSR count). The fraction of sp³-hybridized carbons (Fsp3) is 0.500. The predicted molar refractivity (Wildman–Crippen MR) is 148 cm³/mol. The Morgan fingerprint density at radius 2 is 1.73 bits per heavy atom. The summed E-state index contributed by atoms with van der Waals surface area (Å²) in [6, 6.07) is 0. The van der Waals surface area contributed by atoms with Crippen LogP contribution in [0.2, 0.25) is 0 Å². The highest BCUT2D eigenvalue weighted by molar-refractivity contribution is 8.09. The first-order chi connectivity index (χ1) is 20.9. The average Bonchev–Trinajstić information content (AvgIpc) is 3.72. The van der Waals surface area contributed by atoms with E-state index in [0.717, 1.165) is 17.2 Å². The zero-order valence-electron chi connectivity index (χ0n) is 21.9. The van der Waals surface area contributed by atoms with Crippen molar-refractivity contribution < 1.29 is 46.8 Å². The third kappa shape index (κ3) is 5.36. The van der Waals surface area contributed by atoms with Gasteiger partial charge in [0.25, 0.3) is 5.56 Å². The van der Waals surface area contributed by atoms with Gasteiger partial charge >= 0.3 is 8.25 Å². The fourth-order valence-electron chi connectivity index (χ4n) is 5.07. The number of hydrogen-bond acceptors (Lipinski definition) is 15. The van der Waals surface area contributed by atoms with Crippen molar-refractivity contribution in [1.82, 2.24) is 39.0 Å². The number of halogens is 2. The molecule has 4 aromatic rings. The van der Waals surface area contributed by atoms with Crippen LogP contribution in [0, 0.1) is 0 Å². The molecule has 2 fully saturated rings. The first kappa shape index (κ1) is 30.8. The lowest BCUT2D eigenvalue weighted by Crippen LogP contribution is -2.34. The third-order valence-electron chi connectivity index (χ3n) is 7.12. The largest absolute Gasteiger partial charge is 0.694 e. The summed E-state index contributed by atoms with van der Waals surface area (Å²) >= 11 is 5.34. The number of imidazole rings is 2. The Morgan fingerprint density at radius 3 is 2.45 bits per heavy atom. The Hall–Kier alpha value is -3.17. The summed E-state index contributed by atoms with van der Waals surface area (Å²) in [6.07, 6.45) is -8.41. The maximum Gasteiger partial charge on any atom is 0.694 e. The quantitative estimate of drug-likeness (QED) is 0.119. The minimum Gasteiger partial charge on any atom is -0.387 e. The molecule has 6 heterocycles. The summed E-state index contributed by atoms with van der Waals surface area (Å²) in [6.45, 7) is -5.74. The van der Waals surface area contributed by atoms with Gasteiger partial charge in [-0.1, -0.05) is 0 Å². The van der Waals surface area contributed by atoms with E-state index < -0.39 is 82.3 Å². The number of aromatic amines is 1. The van der Waals surface area contributed by atoms with Crippen LogP contribution in [-0.2, 0) is 34.9 Å². The van der Waals surface area contributed by atoms with E-state index in [-0.39, 0.29) is 34.1 Å². The maximum atomic E-state index is 15.9. The molecule has 2 aliphatic rings. The monoisotopic (exact) mass is 679 g/mol. The van der Waals surface area contributed by atoms with Crippen LogP contribution in [0.5, 0.6) is 0 Å². The number of fused-ring (bicyclic) bond motifs is 2. The zero-order chi connectivity index (χ0) is 31.5. The van der Waals surface area contributed by atoms with Crippen molar-refractivity contribution in [3.63, 3.8) is 0 Å². The van der Waals surface area contributed by atoms with Gasteiger partial charge in [0, 0.05) is 4.57 Å². The van der Waals surface area contributed by atoms with Crippen molar-refractivity contribution >= 4 is 60.6 Å². The van der Waals surface area contributed by atoms with E-state index in [2.05, 4.69) is 34.4 Å². The molecular formula is C20H23F2N10O9P2S+. The van der Waals surface area contributed by atoms with E-state index in [1.54, 1.807) is 0 Å². The molecule has 2 unspecified atom stereocenters. The van der Waals surface area contributed by atoms with Crippen LogP contribution in [0.1, 0.15) is 12.5 Å².